The molecule has 0 heterocycles. The summed E-state index contributed by atoms with van der Waals surface area (Å²) in [6.45, 7) is 1.82. The average Bonchev–Trinajstić information content (AvgIpc) is 2.03. The average molecular weight is 207 g/mol. The molecular weight excluding hydrogens is 199 g/mol. The molecule has 0 aromatic heterocycles. The summed E-state index contributed by atoms with van der Waals surface area (Å²) in [5, 5.41) is 0. The zero-order valence-corrected chi connectivity index (χ0v) is 8.08. The predicted octanol–water partition coefficient (Wildman–Crippen LogP) is 3.36. The third-order valence-electron chi connectivity index (χ3n) is 1.35. The van der Waals surface area contributed by atoms with E-state index in [0.29, 0.717) is 0 Å². The summed E-state index contributed by atoms with van der Waals surface area (Å²) in [6.07, 6.45) is 0. The van der Waals surface area contributed by atoms with Gasteiger partial charge in [0.2, 0.25) is 0 Å². The van der Waals surface area contributed by atoms with Gasteiger partial charge in [0.05, 0.1) is 0 Å². The lowest BCUT2D eigenvalue weighted by Crippen LogP contribution is -1.93. The molecule has 0 saturated heterocycles. The number of aryl methyl sites for hydroxylation is 1. The van der Waals surface area contributed by atoms with E-state index in [1.165, 1.54) is 6.07 Å². The summed E-state index contributed by atoms with van der Waals surface area (Å²) in [5.41, 5.74) is 0.873. The SMILES string of the molecule is Cc1ccc(OCSCl)c(F)c1. The molecule has 0 fully saturated rings. The maximum absolute atomic E-state index is 13.0. The van der Waals surface area contributed by atoms with E-state index in [9.17, 15) is 4.39 Å². The highest BCUT2D eigenvalue weighted by Crippen LogP contribution is 2.19. The van der Waals surface area contributed by atoms with Crippen LogP contribution in [-0.2, 0) is 0 Å². The molecule has 0 bridgehead atoms. The van der Waals surface area contributed by atoms with Crippen LogP contribution >= 0.6 is 21.7 Å². The molecule has 0 saturated carbocycles. The smallest absolute Gasteiger partial charge is 0.165 e. The van der Waals surface area contributed by atoms with Crippen molar-refractivity contribution in [3.8, 4) is 5.75 Å². The topological polar surface area (TPSA) is 9.23 Å². The maximum Gasteiger partial charge on any atom is 0.165 e. The Morgan fingerprint density at radius 3 is 2.92 bits per heavy atom. The van der Waals surface area contributed by atoms with Crippen LogP contribution in [0.2, 0.25) is 0 Å². The predicted molar refractivity (Wildman–Crippen MR) is 50.1 cm³/mol. The molecule has 12 heavy (non-hydrogen) atoms. The minimum Gasteiger partial charge on any atom is -0.479 e. The van der Waals surface area contributed by atoms with Crippen molar-refractivity contribution in [2.24, 2.45) is 0 Å². The fourth-order valence-electron chi connectivity index (χ4n) is 0.809. The summed E-state index contributed by atoms with van der Waals surface area (Å²) >= 11 is 0. The van der Waals surface area contributed by atoms with Gasteiger partial charge in [0.15, 0.2) is 11.6 Å². The van der Waals surface area contributed by atoms with Gasteiger partial charge in [0.1, 0.15) is 5.94 Å². The maximum atomic E-state index is 13.0. The van der Waals surface area contributed by atoms with E-state index in [1.807, 2.05) is 6.92 Å². The van der Waals surface area contributed by atoms with Crippen molar-refractivity contribution in [1.82, 2.24) is 0 Å². The molecule has 0 unspecified atom stereocenters. The number of hydrogen-bond acceptors (Lipinski definition) is 2. The minimum absolute atomic E-state index is 0.244. The monoisotopic (exact) mass is 206 g/mol. The van der Waals surface area contributed by atoms with Gasteiger partial charge in [0, 0.05) is 0 Å². The fraction of sp³-hybridized carbons (Fsp3) is 0.250. The van der Waals surface area contributed by atoms with Gasteiger partial charge in [-0.1, -0.05) is 6.07 Å². The minimum atomic E-state index is -0.347. The lowest BCUT2D eigenvalue weighted by Gasteiger charge is -2.04. The fourth-order valence-corrected chi connectivity index (χ4v) is 1.11. The quantitative estimate of drug-likeness (QED) is 0.702. The van der Waals surface area contributed by atoms with Crippen LogP contribution in [0.25, 0.3) is 0 Å². The molecule has 0 atom stereocenters. The van der Waals surface area contributed by atoms with Gasteiger partial charge in [-0.2, -0.15) is 0 Å². The third kappa shape index (κ3) is 2.57. The Kier molecular flexibility index (Phi) is 3.69. The number of ether oxygens (including phenoxy) is 1. The first-order valence-electron chi connectivity index (χ1n) is 3.36. The van der Waals surface area contributed by atoms with Crippen molar-refractivity contribution in [2.75, 3.05) is 5.94 Å². The molecule has 0 N–H and O–H groups in total. The second-order valence-corrected chi connectivity index (χ2v) is 3.41. The van der Waals surface area contributed by atoms with E-state index in [2.05, 4.69) is 0 Å². The highest BCUT2D eigenvalue weighted by Gasteiger charge is 2.01. The first kappa shape index (κ1) is 9.68. The van der Waals surface area contributed by atoms with Gasteiger partial charge in [0.25, 0.3) is 0 Å². The van der Waals surface area contributed by atoms with E-state index in [4.69, 9.17) is 15.4 Å². The highest BCUT2D eigenvalue weighted by molar-refractivity contribution is 8.20. The molecule has 1 aromatic rings. The van der Waals surface area contributed by atoms with E-state index in [-0.39, 0.29) is 17.5 Å². The Bertz CT molecular complexity index is 267. The summed E-state index contributed by atoms with van der Waals surface area (Å²) in [5.74, 6) is 0.149. The Morgan fingerprint density at radius 1 is 1.58 bits per heavy atom. The second kappa shape index (κ2) is 4.58. The third-order valence-corrected chi connectivity index (χ3v) is 1.82. The van der Waals surface area contributed by atoms with E-state index in [1.54, 1.807) is 12.1 Å². The Morgan fingerprint density at radius 2 is 2.33 bits per heavy atom. The zero-order chi connectivity index (χ0) is 8.97. The summed E-state index contributed by atoms with van der Waals surface area (Å²) < 4.78 is 18.0. The van der Waals surface area contributed by atoms with Crippen LogP contribution in [0.1, 0.15) is 5.56 Å². The standard InChI is InChI=1S/C8H8ClFOS/c1-6-2-3-8(7(10)4-6)11-5-12-9/h2-4H,5H2,1H3. The Balaban J connectivity index is 2.72. The van der Waals surface area contributed by atoms with Crippen LogP contribution < -0.4 is 4.74 Å². The number of rotatable bonds is 3. The molecule has 1 aromatic carbocycles. The van der Waals surface area contributed by atoms with Crippen LogP contribution in [0.5, 0.6) is 5.75 Å². The molecular formula is C8H8ClFOS. The van der Waals surface area contributed by atoms with Crippen LogP contribution in [0.4, 0.5) is 4.39 Å². The number of hydrogen-bond donors (Lipinski definition) is 0. The largest absolute Gasteiger partial charge is 0.479 e. The van der Waals surface area contributed by atoms with Gasteiger partial charge < -0.3 is 4.74 Å². The lowest BCUT2D eigenvalue weighted by molar-refractivity contribution is 0.368. The lowest BCUT2D eigenvalue weighted by atomic mass is 10.2. The molecule has 0 spiro atoms. The molecule has 1 rings (SSSR count). The Labute approximate surface area is 79.4 Å². The van der Waals surface area contributed by atoms with Crippen molar-refractivity contribution < 1.29 is 9.13 Å². The highest BCUT2D eigenvalue weighted by atomic mass is 35.7. The van der Waals surface area contributed by atoms with Gasteiger partial charge in [-0.05, 0) is 46.3 Å². The molecule has 0 aliphatic rings. The van der Waals surface area contributed by atoms with Gasteiger partial charge in [-0.15, -0.1) is 0 Å². The molecule has 4 heteroatoms. The molecule has 66 valence electrons. The molecule has 0 aliphatic carbocycles. The number of benzene rings is 1. The molecule has 0 aliphatic heterocycles. The van der Waals surface area contributed by atoms with Gasteiger partial charge in [-0.3, -0.25) is 0 Å². The molecule has 0 amide bonds. The summed E-state index contributed by atoms with van der Waals surface area (Å²) in [7, 11) is 6.30. The molecule has 1 nitrogen and oxygen atoms in total. The molecule has 0 radical (unpaired) electrons. The van der Waals surface area contributed by atoms with Crippen molar-refractivity contribution in [3.05, 3.63) is 29.6 Å². The van der Waals surface area contributed by atoms with Crippen LogP contribution in [0, 0.1) is 12.7 Å². The van der Waals surface area contributed by atoms with E-state index < -0.39 is 0 Å². The van der Waals surface area contributed by atoms with Crippen molar-refractivity contribution in [3.63, 3.8) is 0 Å². The normalized spacial score (nSPS) is 9.92. The van der Waals surface area contributed by atoms with E-state index in [0.717, 1.165) is 16.5 Å². The van der Waals surface area contributed by atoms with Gasteiger partial charge in [-0.25, -0.2) is 4.39 Å². The van der Waals surface area contributed by atoms with Gasteiger partial charge >= 0.3 is 0 Å². The first-order chi connectivity index (χ1) is 5.74. The van der Waals surface area contributed by atoms with Crippen molar-refractivity contribution in [1.29, 1.82) is 0 Å². The van der Waals surface area contributed by atoms with Crippen molar-refractivity contribution in [2.45, 2.75) is 6.92 Å². The van der Waals surface area contributed by atoms with E-state index >= 15 is 0 Å². The Hall–Kier alpha value is -0.410. The van der Waals surface area contributed by atoms with Crippen LogP contribution in [0.3, 0.4) is 0 Å². The first-order valence-corrected chi connectivity index (χ1v) is 5.17. The van der Waals surface area contributed by atoms with Crippen molar-refractivity contribution >= 4 is 21.7 Å². The number of halogens is 2. The van der Waals surface area contributed by atoms with Crippen LogP contribution in [0.15, 0.2) is 18.2 Å². The summed E-state index contributed by atoms with van der Waals surface area (Å²) in [6, 6.07) is 4.81. The zero-order valence-electron chi connectivity index (χ0n) is 6.51. The summed E-state index contributed by atoms with van der Waals surface area (Å²) in [4.78, 5) is 0. The van der Waals surface area contributed by atoms with Crippen LogP contribution in [-0.4, -0.2) is 5.94 Å². The second-order valence-electron chi connectivity index (χ2n) is 2.31.